The van der Waals surface area contributed by atoms with Gasteiger partial charge in [-0.05, 0) is 6.16 Å². The quantitative estimate of drug-likeness (QED) is 0.362. The van der Waals surface area contributed by atoms with E-state index in [9.17, 15) is 0 Å². The average molecular weight is 138 g/mol. The van der Waals surface area contributed by atoms with Crippen molar-refractivity contribution in [2.75, 3.05) is 0 Å². The Bertz CT molecular complexity index is 33.8. The zero-order valence-electron chi connectivity index (χ0n) is 2.42. The average Bonchev–Trinajstić information content (AvgIpc) is 0.811. The predicted octanol–water partition coefficient (Wildman–Crippen LogP) is -2.03. The van der Waals surface area contributed by atoms with Crippen LogP contribution >= 0.6 is 0 Å². The van der Waals surface area contributed by atoms with Crippen LogP contribution in [0.4, 0.5) is 9.50 Å². The Hall–Kier alpha value is -0.306. The van der Waals surface area contributed by atoms with Gasteiger partial charge in [0.05, 0.1) is 0 Å². The maximum absolute atomic E-state index is 8.33. The molecule has 39 valence electrons. The van der Waals surface area contributed by atoms with Crippen molar-refractivity contribution in [1.29, 1.82) is 0 Å². The molecule has 6 heavy (non-hydrogen) atoms. The van der Waals surface area contributed by atoms with Gasteiger partial charge in [-0.15, -0.1) is 0 Å². The minimum absolute atomic E-state index is 0. The second-order valence-corrected chi connectivity index (χ2v) is 0.250. The standard InChI is InChI=1S/CH2O3.F.Ni/c2-1(3)4;;/h(H2,2,3,4);;/q;;+2/p-2. The van der Waals surface area contributed by atoms with Crippen LogP contribution in [0.25, 0.3) is 0 Å². The minimum atomic E-state index is -2.33. The monoisotopic (exact) mass is 137 g/mol. The molecular formula is CFNiO3. The van der Waals surface area contributed by atoms with Gasteiger partial charge in [-0.1, -0.05) is 0 Å². The summed E-state index contributed by atoms with van der Waals surface area (Å²) in [6, 6.07) is 0. The van der Waals surface area contributed by atoms with E-state index in [1.807, 2.05) is 0 Å². The molecule has 3 nitrogen and oxygen atoms in total. The minimum Gasteiger partial charge on any atom is -0.652 e. The molecule has 0 saturated heterocycles. The Morgan fingerprint density at radius 2 is 1.33 bits per heavy atom. The summed E-state index contributed by atoms with van der Waals surface area (Å²) in [6.45, 7) is 0. The normalized spacial score (nSPS) is 4.00. The summed E-state index contributed by atoms with van der Waals surface area (Å²) < 4.78 is 0. The van der Waals surface area contributed by atoms with Gasteiger partial charge in [-0.25, -0.2) is 0 Å². The fraction of sp³-hybridized carbons (Fsp3) is 0. The van der Waals surface area contributed by atoms with Crippen molar-refractivity contribution in [3.8, 4) is 0 Å². The Morgan fingerprint density at radius 1 is 1.33 bits per heavy atom. The molecule has 5 heteroatoms. The molecule has 0 aliphatic heterocycles. The van der Waals surface area contributed by atoms with E-state index in [1.165, 1.54) is 0 Å². The summed E-state index contributed by atoms with van der Waals surface area (Å²) in [5.74, 6) is 0. The summed E-state index contributed by atoms with van der Waals surface area (Å²) in [5.41, 5.74) is 0. The van der Waals surface area contributed by atoms with E-state index >= 15 is 0 Å². The molecule has 0 amide bonds. The summed E-state index contributed by atoms with van der Waals surface area (Å²) >= 11 is 0. The molecule has 0 saturated carbocycles. The molecule has 0 fully saturated rings. The number of carbonyl (C=O) groups excluding carboxylic acids is 1. The first-order chi connectivity index (χ1) is 1.73. The fourth-order valence-corrected chi connectivity index (χ4v) is 0. The summed E-state index contributed by atoms with van der Waals surface area (Å²) in [6.07, 6.45) is -2.33. The number of hydrogen-bond donors (Lipinski definition) is 0. The molecule has 0 aliphatic carbocycles. The van der Waals surface area contributed by atoms with E-state index in [0.717, 1.165) is 0 Å². The van der Waals surface area contributed by atoms with Gasteiger partial charge in [-0.3, -0.25) is 0 Å². The smallest absolute Gasteiger partial charge is 0.652 e. The van der Waals surface area contributed by atoms with Crippen molar-refractivity contribution in [2.24, 2.45) is 0 Å². The van der Waals surface area contributed by atoms with Crippen molar-refractivity contribution in [3.05, 3.63) is 0 Å². The molecule has 0 atom stereocenters. The molecule has 0 heterocycles. The van der Waals surface area contributed by atoms with E-state index in [-0.39, 0.29) is 21.2 Å². The molecule has 0 aromatic rings. The van der Waals surface area contributed by atoms with Crippen molar-refractivity contribution >= 4 is 6.16 Å². The van der Waals surface area contributed by atoms with Gasteiger partial charge in [0.25, 0.3) is 0 Å². The molecule has 0 aromatic carbocycles. The van der Waals surface area contributed by atoms with Crippen molar-refractivity contribution in [1.82, 2.24) is 0 Å². The molecule has 0 spiro atoms. The Kier molecular flexibility index (Phi) is 25.4. The summed E-state index contributed by atoms with van der Waals surface area (Å²) in [7, 11) is 0. The van der Waals surface area contributed by atoms with E-state index in [4.69, 9.17) is 15.0 Å². The Morgan fingerprint density at radius 3 is 1.33 bits per heavy atom. The zero-order chi connectivity index (χ0) is 3.58. The molecule has 0 aromatic heterocycles. The number of carbonyl (C=O) groups is 1. The van der Waals surface area contributed by atoms with E-state index in [0.29, 0.717) is 0 Å². The van der Waals surface area contributed by atoms with Crippen LogP contribution in [0.3, 0.4) is 0 Å². The first kappa shape index (κ1) is 17.3. The van der Waals surface area contributed by atoms with E-state index < -0.39 is 6.16 Å². The van der Waals surface area contributed by atoms with Crippen LogP contribution in [0, 0.1) is 0 Å². The summed E-state index contributed by atoms with van der Waals surface area (Å²) in [5, 5.41) is 16.7. The Balaban J connectivity index is -0.0000000450. The van der Waals surface area contributed by atoms with Crippen LogP contribution in [-0.4, -0.2) is 6.16 Å². The van der Waals surface area contributed by atoms with Crippen molar-refractivity contribution in [2.45, 2.75) is 0 Å². The Labute approximate surface area is 43.3 Å². The van der Waals surface area contributed by atoms with Crippen LogP contribution in [0.5, 0.6) is 0 Å². The molecule has 0 N–H and O–H groups in total. The van der Waals surface area contributed by atoms with E-state index in [1.54, 1.807) is 0 Å². The predicted molar refractivity (Wildman–Crippen MR) is 6.50 cm³/mol. The van der Waals surface area contributed by atoms with Crippen molar-refractivity contribution in [3.63, 3.8) is 0 Å². The second kappa shape index (κ2) is 8.83. The fourth-order valence-electron chi connectivity index (χ4n) is 0. The van der Waals surface area contributed by atoms with E-state index in [2.05, 4.69) is 0 Å². The third kappa shape index (κ3) is 285. The maximum Gasteiger partial charge on any atom is 2.00 e. The molecular weight excluding hydrogens is 138 g/mol. The number of rotatable bonds is 0. The zero-order valence-corrected chi connectivity index (χ0v) is 3.41. The maximum atomic E-state index is 8.33. The number of carboxylic acid groups (broad SMARTS) is 2. The van der Waals surface area contributed by atoms with Crippen LogP contribution in [0.2, 0.25) is 0 Å². The van der Waals surface area contributed by atoms with Gasteiger partial charge in [-0.2, -0.15) is 0 Å². The molecule has 0 rings (SSSR count). The van der Waals surface area contributed by atoms with Gasteiger partial charge in [0.15, 0.2) is 0 Å². The van der Waals surface area contributed by atoms with Gasteiger partial charge in [0.1, 0.15) is 0 Å². The third-order valence-electron chi connectivity index (χ3n) is 0. The number of hydrogen-bond acceptors (Lipinski definition) is 3. The first-order valence-electron chi connectivity index (χ1n) is 0.612. The van der Waals surface area contributed by atoms with Gasteiger partial charge < -0.3 is 15.0 Å². The van der Waals surface area contributed by atoms with Gasteiger partial charge >= 0.3 is 16.5 Å². The third-order valence-corrected chi connectivity index (χ3v) is 0. The van der Waals surface area contributed by atoms with Crippen LogP contribution in [-0.2, 0) is 16.5 Å². The SMILES string of the molecule is O=C([O-])[O-].[F].[Ni+2]. The number of halogens is 1. The second-order valence-electron chi connectivity index (χ2n) is 0.250. The molecule has 1 radical (unpaired) electrons. The first-order valence-corrected chi connectivity index (χ1v) is 0.612. The molecule has 0 aliphatic rings. The largest absolute Gasteiger partial charge is 2.00 e. The van der Waals surface area contributed by atoms with Gasteiger partial charge in [0.2, 0.25) is 0 Å². The van der Waals surface area contributed by atoms with Crippen LogP contribution < -0.4 is 10.2 Å². The van der Waals surface area contributed by atoms with Crippen molar-refractivity contribution < 1.29 is 36.2 Å². The summed E-state index contributed by atoms with van der Waals surface area (Å²) in [4.78, 5) is 8.33. The van der Waals surface area contributed by atoms with Crippen LogP contribution in [0.15, 0.2) is 0 Å². The molecule has 0 bridgehead atoms. The topological polar surface area (TPSA) is 63.2 Å². The van der Waals surface area contributed by atoms with Gasteiger partial charge in [0, 0.05) is 4.70 Å². The van der Waals surface area contributed by atoms with Crippen LogP contribution in [0.1, 0.15) is 0 Å². The molecule has 0 unspecified atom stereocenters.